The molecule has 0 aliphatic heterocycles. The van der Waals surface area contributed by atoms with Gasteiger partial charge in [0.15, 0.2) is 0 Å². The molecule has 0 radical (unpaired) electrons. The van der Waals surface area contributed by atoms with Gasteiger partial charge >= 0.3 is 5.97 Å². The Morgan fingerprint density at radius 3 is 2.91 bits per heavy atom. The highest BCUT2D eigenvalue weighted by molar-refractivity contribution is 5.81. The van der Waals surface area contributed by atoms with E-state index < -0.39 is 0 Å². The molecule has 3 nitrogen and oxygen atoms in total. The number of hydrogen-bond acceptors (Lipinski definition) is 3. The molecule has 0 aromatic carbocycles. The van der Waals surface area contributed by atoms with E-state index in [-0.39, 0.29) is 5.97 Å². The Hall–Kier alpha value is -1.86. The summed E-state index contributed by atoms with van der Waals surface area (Å²) in [6, 6.07) is 3.94. The third-order valence-corrected chi connectivity index (χ3v) is 3.35. The Balaban J connectivity index is 2.03. The molecule has 0 amide bonds. The molecule has 0 atom stereocenters. The van der Waals surface area contributed by atoms with Crippen molar-refractivity contribution in [2.24, 2.45) is 0 Å². The smallest absolute Gasteiger partial charge is 0.338 e. The molecule has 0 aliphatic carbocycles. The SMILES string of the molecule is CCCCCCCC=C=CC(=O)OCCCc1cccnc1. The van der Waals surface area contributed by atoms with Crippen LogP contribution in [0.4, 0.5) is 0 Å². The van der Waals surface area contributed by atoms with Crippen molar-refractivity contribution in [2.75, 3.05) is 6.61 Å². The summed E-state index contributed by atoms with van der Waals surface area (Å²) in [5.41, 5.74) is 4.06. The molecule has 120 valence electrons. The number of pyridine rings is 1. The lowest BCUT2D eigenvalue weighted by molar-refractivity contribution is -0.137. The van der Waals surface area contributed by atoms with Crippen molar-refractivity contribution in [1.82, 2.24) is 4.98 Å². The Morgan fingerprint density at radius 1 is 1.27 bits per heavy atom. The van der Waals surface area contributed by atoms with Gasteiger partial charge < -0.3 is 4.74 Å². The Labute approximate surface area is 134 Å². The minimum atomic E-state index is -0.312. The van der Waals surface area contributed by atoms with E-state index in [2.05, 4.69) is 17.6 Å². The zero-order valence-corrected chi connectivity index (χ0v) is 13.6. The summed E-state index contributed by atoms with van der Waals surface area (Å²) in [6.45, 7) is 2.65. The van der Waals surface area contributed by atoms with Gasteiger partial charge in [-0.05, 0) is 43.4 Å². The molecular weight excluding hydrogens is 274 g/mol. The average molecular weight is 301 g/mol. The number of carbonyl (C=O) groups is 1. The van der Waals surface area contributed by atoms with Gasteiger partial charge in [-0.3, -0.25) is 4.98 Å². The lowest BCUT2D eigenvalue weighted by Crippen LogP contribution is -2.03. The van der Waals surface area contributed by atoms with Crippen LogP contribution in [-0.2, 0) is 16.0 Å². The summed E-state index contributed by atoms with van der Waals surface area (Å²) in [5, 5.41) is 0. The molecule has 0 spiro atoms. The minimum absolute atomic E-state index is 0.312. The van der Waals surface area contributed by atoms with Gasteiger partial charge in [0.2, 0.25) is 0 Å². The zero-order valence-electron chi connectivity index (χ0n) is 13.6. The highest BCUT2D eigenvalue weighted by Crippen LogP contribution is 2.05. The van der Waals surface area contributed by atoms with Crippen molar-refractivity contribution in [3.63, 3.8) is 0 Å². The predicted molar refractivity (Wildman–Crippen MR) is 89.5 cm³/mol. The maximum atomic E-state index is 11.5. The number of unbranched alkanes of at least 4 members (excludes halogenated alkanes) is 5. The summed E-state index contributed by atoms with van der Waals surface area (Å²) in [4.78, 5) is 15.5. The summed E-state index contributed by atoms with van der Waals surface area (Å²) >= 11 is 0. The van der Waals surface area contributed by atoms with Crippen molar-refractivity contribution in [2.45, 2.75) is 58.3 Å². The Bertz CT molecular complexity index is 462. The highest BCUT2D eigenvalue weighted by Gasteiger charge is 1.97. The molecule has 1 rings (SSSR count). The number of aryl methyl sites for hydroxylation is 1. The maximum Gasteiger partial charge on any atom is 0.338 e. The number of ether oxygens (including phenoxy) is 1. The summed E-state index contributed by atoms with van der Waals surface area (Å²) in [6.07, 6.45) is 15.9. The Morgan fingerprint density at radius 2 is 2.14 bits per heavy atom. The lowest BCUT2D eigenvalue weighted by Gasteiger charge is -2.01. The van der Waals surface area contributed by atoms with Crippen LogP contribution < -0.4 is 0 Å². The quantitative estimate of drug-likeness (QED) is 0.259. The van der Waals surface area contributed by atoms with Gasteiger partial charge in [-0.2, -0.15) is 0 Å². The topological polar surface area (TPSA) is 39.2 Å². The van der Waals surface area contributed by atoms with Gasteiger partial charge in [-0.25, -0.2) is 4.79 Å². The van der Waals surface area contributed by atoms with Gasteiger partial charge in [-0.15, -0.1) is 5.73 Å². The van der Waals surface area contributed by atoms with E-state index in [9.17, 15) is 4.79 Å². The number of carbonyl (C=O) groups excluding carboxylic acids is 1. The summed E-state index contributed by atoms with van der Waals surface area (Å²) in [5.74, 6) is -0.312. The molecule has 22 heavy (non-hydrogen) atoms. The van der Waals surface area contributed by atoms with E-state index in [1.807, 2.05) is 24.4 Å². The highest BCUT2D eigenvalue weighted by atomic mass is 16.5. The van der Waals surface area contributed by atoms with E-state index in [1.165, 1.54) is 38.2 Å². The molecule has 1 aromatic heterocycles. The van der Waals surface area contributed by atoms with Crippen molar-refractivity contribution in [3.8, 4) is 0 Å². The number of hydrogen-bond donors (Lipinski definition) is 0. The van der Waals surface area contributed by atoms with Gasteiger partial charge in [0.25, 0.3) is 0 Å². The first kappa shape index (κ1) is 18.2. The fourth-order valence-corrected chi connectivity index (χ4v) is 2.10. The van der Waals surface area contributed by atoms with Crippen LogP contribution in [0, 0.1) is 0 Å². The average Bonchev–Trinajstić information content (AvgIpc) is 2.55. The van der Waals surface area contributed by atoms with Crippen LogP contribution in [0.1, 0.15) is 57.4 Å². The van der Waals surface area contributed by atoms with Crippen LogP contribution in [0.5, 0.6) is 0 Å². The fourth-order valence-electron chi connectivity index (χ4n) is 2.10. The standard InChI is InChI=1S/C19H27NO2/c1-2-3-4-5-6-7-8-9-14-19(21)22-16-11-13-18-12-10-15-20-17-18/h8,10,12,14-15,17H,2-7,11,13,16H2,1H3. The van der Waals surface area contributed by atoms with Gasteiger partial charge in [0, 0.05) is 12.4 Å². The number of rotatable bonds is 11. The second-order valence-electron chi connectivity index (χ2n) is 5.35. The van der Waals surface area contributed by atoms with Gasteiger partial charge in [-0.1, -0.05) is 38.7 Å². The van der Waals surface area contributed by atoms with Crippen LogP contribution in [0.15, 0.2) is 42.4 Å². The number of esters is 1. The van der Waals surface area contributed by atoms with E-state index in [4.69, 9.17) is 4.74 Å². The van der Waals surface area contributed by atoms with Gasteiger partial charge in [0.1, 0.15) is 0 Å². The zero-order chi connectivity index (χ0) is 15.9. The van der Waals surface area contributed by atoms with Gasteiger partial charge in [0.05, 0.1) is 12.7 Å². The second-order valence-corrected chi connectivity index (χ2v) is 5.35. The van der Waals surface area contributed by atoms with Crippen molar-refractivity contribution < 1.29 is 9.53 Å². The summed E-state index contributed by atoms with van der Waals surface area (Å²) < 4.78 is 5.13. The molecule has 0 N–H and O–H groups in total. The van der Waals surface area contributed by atoms with Crippen LogP contribution >= 0.6 is 0 Å². The van der Waals surface area contributed by atoms with Crippen molar-refractivity contribution >= 4 is 5.97 Å². The number of aromatic nitrogens is 1. The molecule has 3 heteroatoms. The van der Waals surface area contributed by atoms with Crippen molar-refractivity contribution in [3.05, 3.63) is 48.0 Å². The van der Waals surface area contributed by atoms with Crippen LogP contribution in [0.3, 0.4) is 0 Å². The molecule has 0 bridgehead atoms. The van der Waals surface area contributed by atoms with Crippen molar-refractivity contribution in [1.29, 1.82) is 0 Å². The lowest BCUT2D eigenvalue weighted by atomic mass is 10.1. The Kier molecular flexibility index (Phi) is 10.6. The maximum absolute atomic E-state index is 11.5. The first-order valence-electron chi connectivity index (χ1n) is 8.29. The van der Waals surface area contributed by atoms with E-state index >= 15 is 0 Å². The largest absolute Gasteiger partial charge is 0.462 e. The van der Waals surface area contributed by atoms with E-state index in [1.54, 1.807) is 6.20 Å². The predicted octanol–water partition coefficient (Wildman–Crippen LogP) is 4.63. The molecule has 0 fully saturated rings. The second kappa shape index (κ2) is 12.8. The third kappa shape index (κ3) is 9.95. The van der Waals surface area contributed by atoms with E-state index in [0.717, 1.165) is 24.8 Å². The van der Waals surface area contributed by atoms with Crippen LogP contribution in [0.25, 0.3) is 0 Å². The normalized spacial score (nSPS) is 9.86. The third-order valence-electron chi connectivity index (χ3n) is 3.35. The molecule has 0 aliphatic rings. The number of nitrogens with zero attached hydrogens (tertiary/aromatic N) is 1. The fraction of sp³-hybridized carbons (Fsp3) is 0.526. The molecule has 0 unspecified atom stereocenters. The molecule has 1 aromatic rings. The monoisotopic (exact) mass is 301 g/mol. The molecule has 0 saturated carbocycles. The first-order chi connectivity index (χ1) is 10.8. The molecular formula is C19H27NO2. The minimum Gasteiger partial charge on any atom is -0.462 e. The molecule has 0 saturated heterocycles. The first-order valence-corrected chi connectivity index (χ1v) is 8.29. The molecule has 1 heterocycles. The van der Waals surface area contributed by atoms with E-state index in [0.29, 0.717) is 6.61 Å². The summed E-state index contributed by atoms with van der Waals surface area (Å²) in [7, 11) is 0. The van der Waals surface area contributed by atoms with Crippen LogP contribution in [-0.4, -0.2) is 17.6 Å². The van der Waals surface area contributed by atoms with Crippen LogP contribution in [0.2, 0.25) is 0 Å².